The second-order valence-electron chi connectivity index (χ2n) is 8.70. The molecule has 0 unspecified atom stereocenters. The van der Waals surface area contributed by atoms with Crippen LogP contribution in [0.3, 0.4) is 0 Å². The predicted octanol–water partition coefficient (Wildman–Crippen LogP) is 4.08. The fourth-order valence-corrected chi connectivity index (χ4v) is 3.57. The van der Waals surface area contributed by atoms with Gasteiger partial charge in [-0.25, -0.2) is 9.59 Å². The molecule has 9 heteroatoms. The number of amides is 1. The summed E-state index contributed by atoms with van der Waals surface area (Å²) in [6.07, 6.45) is 7.40. The molecule has 168 valence electrons. The number of aryl methyl sites for hydroxylation is 1. The Hall–Kier alpha value is -3.10. The van der Waals surface area contributed by atoms with Gasteiger partial charge in [0.2, 0.25) is 0 Å². The summed E-state index contributed by atoms with van der Waals surface area (Å²) in [6.45, 7) is 8.84. The fraction of sp³-hybridized carbons (Fsp3) is 0.545. The highest BCUT2D eigenvalue weighted by molar-refractivity contribution is 5.96. The van der Waals surface area contributed by atoms with E-state index in [2.05, 4.69) is 15.4 Å². The van der Waals surface area contributed by atoms with E-state index in [9.17, 15) is 9.59 Å². The molecule has 1 aliphatic rings. The number of esters is 1. The van der Waals surface area contributed by atoms with Crippen molar-refractivity contribution in [3.8, 4) is 0 Å². The van der Waals surface area contributed by atoms with Crippen LogP contribution in [0.4, 0.5) is 16.2 Å². The number of likely N-dealkylation sites (tertiary alicyclic amines) is 1. The molecule has 1 aliphatic heterocycles. The quantitative estimate of drug-likeness (QED) is 0.731. The summed E-state index contributed by atoms with van der Waals surface area (Å²) in [7, 11) is 1.35. The largest absolute Gasteiger partial charge is 0.465 e. The fourth-order valence-electron chi connectivity index (χ4n) is 3.57. The van der Waals surface area contributed by atoms with E-state index in [-0.39, 0.29) is 12.1 Å². The van der Waals surface area contributed by atoms with Crippen molar-refractivity contribution in [2.75, 3.05) is 25.5 Å². The summed E-state index contributed by atoms with van der Waals surface area (Å²) in [5.41, 5.74) is 2.08. The molecule has 1 fully saturated rings. The van der Waals surface area contributed by atoms with Crippen molar-refractivity contribution in [2.45, 2.75) is 58.6 Å². The summed E-state index contributed by atoms with van der Waals surface area (Å²) in [6, 6.07) is 1.79. The summed E-state index contributed by atoms with van der Waals surface area (Å²) < 4.78 is 12.3. The number of nitrogens with one attached hydrogen (secondary N) is 1. The molecule has 3 rings (SSSR count). The maximum Gasteiger partial charge on any atom is 0.410 e. The Morgan fingerprint density at radius 3 is 2.68 bits per heavy atom. The van der Waals surface area contributed by atoms with Gasteiger partial charge in [-0.2, -0.15) is 5.10 Å². The number of carbonyl (C=O) groups is 2. The minimum absolute atomic E-state index is 0.177. The van der Waals surface area contributed by atoms with Crippen LogP contribution < -0.4 is 5.32 Å². The molecule has 0 saturated carbocycles. The van der Waals surface area contributed by atoms with E-state index >= 15 is 0 Å². The minimum Gasteiger partial charge on any atom is -0.465 e. The van der Waals surface area contributed by atoms with Crippen LogP contribution in [0.5, 0.6) is 0 Å². The Bertz CT molecular complexity index is 934. The molecule has 2 aromatic heterocycles. The van der Waals surface area contributed by atoms with Crippen LogP contribution in [-0.4, -0.2) is 57.5 Å². The van der Waals surface area contributed by atoms with Crippen LogP contribution in [-0.2, 0) is 9.47 Å². The third-order valence-corrected chi connectivity index (χ3v) is 5.14. The molecule has 1 N–H and O–H groups in total. The molecule has 0 aromatic carbocycles. The molecule has 3 heterocycles. The molecule has 31 heavy (non-hydrogen) atoms. The zero-order valence-corrected chi connectivity index (χ0v) is 18.8. The van der Waals surface area contributed by atoms with E-state index in [0.29, 0.717) is 24.3 Å². The Labute approximate surface area is 182 Å². The van der Waals surface area contributed by atoms with Gasteiger partial charge in [-0.1, -0.05) is 0 Å². The Kier molecular flexibility index (Phi) is 6.82. The summed E-state index contributed by atoms with van der Waals surface area (Å²) in [5.74, 6) is -0.430. The lowest BCUT2D eigenvalue weighted by Gasteiger charge is -2.26. The Balaban J connectivity index is 1.70. The Morgan fingerprint density at radius 2 is 1.97 bits per heavy atom. The van der Waals surface area contributed by atoms with Crippen molar-refractivity contribution in [1.82, 2.24) is 19.7 Å². The lowest BCUT2D eigenvalue weighted by Crippen LogP contribution is -2.37. The van der Waals surface area contributed by atoms with Gasteiger partial charge in [-0.3, -0.25) is 9.67 Å². The Morgan fingerprint density at radius 1 is 1.19 bits per heavy atom. The number of hydrogen-bond donors (Lipinski definition) is 1. The monoisotopic (exact) mass is 429 g/mol. The number of aromatic nitrogens is 3. The van der Waals surface area contributed by atoms with Crippen LogP contribution in [0.15, 0.2) is 24.7 Å². The summed E-state index contributed by atoms with van der Waals surface area (Å²) >= 11 is 0. The highest BCUT2D eigenvalue weighted by atomic mass is 16.6. The van der Waals surface area contributed by atoms with Crippen LogP contribution in [0.2, 0.25) is 0 Å². The molecule has 2 aromatic rings. The van der Waals surface area contributed by atoms with E-state index < -0.39 is 11.6 Å². The van der Waals surface area contributed by atoms with Crippen molar-refractivity contribution in [1.29, 1.82) is 0 Å². The number of nitrogens with zero attached hydrogens (tertiary/aromatic N) is 4. The molecular weight excluding hydrogens is 398 g/mol. The third kappa shape index (κ3) is 5.74. The van der Waals surface area contributed by atoms with E-state index in [1.807, 2.05) is 38.6 Å². The van der Waals surface area contributed by atoms with E-state index in [1.54, 1.807) is 23.4 Å². The van der Waals surface area contributed by atoms with Gasteiger partial charge in [0.15, 0.2) is 0 Å². The number of hydrogen-bond acceptors (Lipinski definition) is 7. The standard InChI is InChI=1S/C22H31N5O4/c1-15-19(24-18-13-23-10-8-17(18)20(28)30-5)14-27(25-15)16-7-6-11-26(12-9-16)21(29)31-22(2,3)4/h8,10,13-14,16,24H,6-7,9,11-12H2,1-5H3/t16-/m0/s1. The number of methoxy groups -OCH3 is 1. The number of pyridine rings is 1. The first-order chi connectivity index (χ1) is 14.7. The molecule has 1 amide bonds. The third-order valence-electron chi connectivity index (χ3n) is 5.14. The van der Waals surface area contributed by atoms with Crippen LogP contribution in [0.1, 0.15) is 62.1 Å². The second kappa shape index (κ2) is 9.36. The van der Waals surface area contributed by atoms with Crippen LogP contribution in [0, 0.1) is 6.92 Å². The van der Waals surface area contributed by atoms with E-state index in [0.717, 1.165) is 30.6 Å². The number of carbonyl (C=O) groups excluding carboxylic acids is 2. The molecular formula is C22H31N5O4. The van der Waals surface area contributed by atoms with Crippen molar-refractivity contribution in [3.63, 3.8) is 0 Å². The lowest BCUT2D eigenvalue weighted by atomic mass is 10.1. The minimum atomic E-state index is -0.502. The van der Waals surface area contributed by atoms with E-state index in [4.69, 9.17) is 9.47 Å². The van der Waals surface area contributed by atoms with Gasteiger partial charge in [0.05, 0.1) is 42.0 Å². The van der Waals surface area contributed by atoms with Gasteiger partial charge in [-0.05, 0) is 53.0 Å². The van der Waals surface area contributed by atoms with Gasteiger partial charge in [-0.15, -0.1) is 0 Å². The highest BCUT2D eigenvalue weighted by Crippen LogP contribution is 2.28. The number of anilines is 2. The first-order valence-corrected chi connectivity index (χ1v) is 10.5. The molecule has 1 saturated heterocycles. The van der Waals surface area contributed by atoms with Gasteiger partial charge in [0.1, 0.15) is 5.60 Å². The number of rotatable bonds is 4. The smallest absolute Gasteiger partial charge is 0.410 e. The van der Waals surface area contributed by atoms with Crippen molar-refractivity contribution >= 4 is 23.4 Å². The van der Waals surface area contributed by atoms with Gasteiger partial charge < -0.3 is 19.7 Å². The van der Waals surface area contributed by atoms with Crippen molar-refractivity contribution in [3.05, 3.63) is 35.9 Å². The normalized spacial score (nSPS) is 17.1. The maximum atomic E-state index is 12.4. The lowest BCUT2D eigenvalue weighted by molar-refractivity contribution is 0.0255. The van der Waals surface area contributed by atoms with Crippen LogP contribution in [0.25, 0.3) is 0 Å². The zero-order chi connectivity index (χ0) is 22.6. The average Bonchev–Trinajstić information content (AvgIpc) is 2.92. The number of ether oxygens (including phenoxy) is 2. The molecule has 0 aliphatic carbocycles. The average molecular weight is 430 g/mol. The molecule has 1 atom stereocenters. The zero-order valence-electron chi connectivity index (χ0n) is 18.8. The highest BCUT2D eigenvalue weighted by Gasteiger charge is 2.26. The van der Waals surface area contributed by atoms with Crippen molar-refractivity contribution < 1.29 is 19.1 Å². The summed E-state index contributed by atoms with van der Waals surface area (Å²) in [5, 5.41) is 7.93. The first-order valence-electron chi connectivity index (χ1n) is 10.5. The molecule has 0 spiro atoms. The van der Waals surface area contributed by atoms with Gasteiger partial charge in [0, 0.05) is 25.5 Å². The maximum absolute atomic E-state index is 12.4. The predicted molar refractivity (Wildman–Crippen MR) is 117 cm³/mol. The molecule has 0 bridgehead atoms. The first kappa shape index (κ1) is 22.6. The summed E-state index contributed by atoms with van der Waals surface area (Å²) in [4.78, 5) is 30.3. The SMILES string of the molecule is COC(=O)c1ccncc1Nc1cn([C@H]2CCCN(C(=O)OC(C)(C)C)CC2)nc1C. The van der Waals surface area contributed by atoms with E-state index in [1.165, 1.54) is 7.11 Å². The topological polar surface area (TPSA) is 98.6 Å². The second-order valence-corrected chi connectivity index (χ2v) is 8.70. The van der Waals surface area contributed by atoms with Crippen LogP contribution >= 0.6 is 0 Å². The van der Waals surface area contributed by atoms with Crippen molar-refractivity contribution in [2.24, 2.45) is 0 Å². The molecule has 9 nitrogen and oxygen atoms in total. The van der Waals surface area contributed by atoms with Gasteiger partial charge >= 0.3 is 12.1 Å². The van der Waals surface area contributed by atoms with Gasteiger partial charge in [0.25, 0.3) is 0 Å². The molecule has 0 radical (unpaired) electrons.